The predicted octanol–water partition coefficient (Wildman–Crippen LogP) is 1.22. The van der Waals surface area contributed by atoms with E-state index in [1.807, 2.05) is 19.2 Å². The van der Waals surface area contributed by atoms with Gasteiger partial charge in [0, 0.05) is 19.3 Å². The third-order valence-corrected chi connectivity index (χ3v) is 3.49. The van der Waals surface area contributed by atoms with E-state index in [0.717, 1.165) is 12.0 Å². The molecule has 17 heavy (non-hydrogen) atoms. The number of nitrogens with two attached hydrogens (primary N) is 1. The van der Waals surface area contributed by atoms with Gasteiger partial charge in [0.2, 0.25) is 0 Å². The molecule has 94 valence electrons. The van der Waals surface area contributed by atoms with Gasteiger partial charge in [-0.25, -0.2) is 4.98 Å². The van der Waals surface area contributed by atoms with Crippen LogP contribution in [0.25, 0.3) is 0 Å². The number of nitrogens with one attached hydrogen (secondary N) is 1. The molecular weight excluding hydrogens is 214 g/mol. The second-order valence-corrected chi connectivity index (χ2v) is 4.68. The smallest absolute Gasteiger partial charge is 0.126 e. The first kappa shape index (κ1) is 12.3. The molecule has 1 aromatic rings. The van der Waals surface area contributed by atoms with Crippen molar-refractivity contribution in [3.8, 4) is 0 Å². The van der Waals surface area contributed by atoms with Gasteiger partial charge in [-0.3, -0.25) is 0 Å². The Morgan fingerprint density at radius 1 is 1.59 bits per heavy atom. The van der Waals surface area contributed by atoms with Gasteiger partial charge in [-0.2, -0.15) is 0 Å². The Labute approximate surface area is 103 Å². The molecule has 1 aliphatic rings. The lowest BCUT2D eigenvalue weighted by Gasteiger charge is -2.26. The van der Waals surface area contributed by atoms with E-state index in [1.54, 1.807) is 13.3 Å². The Morgan fingerprint density at radius 3 is 2.88 bits per heavy atom. The normalized spacial score (nSPS) is 18.9. The summed E-state index contributed by atoms with van der Waals surface area (Å²) in [5.41, 5.74) is 6.97. The molecule has 1 heterocycles. The van der Waals surface area contributed by atoms with Crippen LogP contribution >= 0.6 is 0 Å². The zero-order valence-corrected chi connectivity index (χ0v) is 10.5. The Morgan fingerprint density at radius 2 is 2.35 bits per heavy atom. The van der Waals surface area contributed by atoms with Crippen molar-refractivity contribution >= 4 is 5.82 Å². The molecule has 1 saturated carbocycles. The minimum atomic E-state index is 0.277. The first-order chi connectivity index (χ1) is 8.26. The summed E-state index contributed by atoms with van der Waals surface area (Å²) >= 11 is 0. The lowest BCUT2D eigenvalue weighted by atomic mass is 9.98. The van der Waals surface area contributed by atoms with Crippen LogP contribution in [-0.2, 0) is 11.2 Å². The first-order valence-corrected chi connectivity index (χ1v) is 6.15. The fourth-order valence-corrected chi connectivity index (χ4v) is 2.35. The van der Waals surface area contributed by atoms with Gasteiger partial charge in [-0.1, -0.05) is 6.07 Å². The minimum absolute atomic E-state index is 0.277. The summed E-state index contributed by atoms with van der Waals surface area (Å²) in [6.45, 7) is 0. The summed E-state index contributed by atoms with van der Waals surface area (Å²) in [5, 5.41) is 3.34. The zero-order valence-electron chi connectivity index (χ0n) is 10.5. The van der Waals surface area contributed by atoms with Crippen LogP contribution in [0.15, 0.2) is 18.3 Å². The summed E-state index contributed by atoms with van der Waals surface area (Å²) in [6.07, 6.45) is 5.42. The average Bonchev–Trinajstić information content (AvgIpc) is 3.15. The number of anilines is 1. The zero-order chi connectivity index (χ0) is 12.3. The fraction of sp³-hybridized carbons (Fsp3) is 0.615. The quantitative estimate of drug-likeness (QED) is 0.778. The van der Waals surface area contributed by atoms with Crippen LogP contribution in [0.3, 0.4) is 0 Å². The van der Waals surface area contributed by atoms with Crippen molar-refractivity contribution in [3.63, 3.8) is 0 Å². The molecule has 3 N–H and O–H groups in total. The molecule has 4 nitrogen and oxygen atoms in total. The lowest BCUT2D eigenvalue weighted by molar-refractivity contribution is 0.0534. The minimum Gasteiger partial charge on any atom is -0.383 e. The Balaban J connectivity index is 2.06. The topological polar surface area (TPSA) is 60.2 Å². The molecule has 2 atom stereocenters. The summed E-state index contributed by atoms with van der Waals surface area (Å²) < 4.78 is 5.62. The number of methoxy groups -OCH3 is 1. The van der Waals surface area contributed by atoms with Gasteiger partial charge in [0.15, 0.2) is 0 Å². The summed E-state index contributed by atoms with van der Waals surface area (Å²) in [5.74, 6) is 1.33. The fourth-order valence-electron chi connectivity index (χ4n) is 2.35. The Bertz CT molecular complexity index is 365. The van der Waals surface area contributed by atoms with Crippen molar-refractivity contribution in [2.45, 2.75) is 31.4 Å². The second-order valence-electron chi connectivity index (χ2n) is 4.68. The summed E-state index contributed by atoms with van der Waals surface area (Å²) in [6, 6.07) is 4.27. The Hall–Kier alpha value is -1.13. The summed E-state index contributed by atoms with van der Waals surface area (Å²) in [4.78, 5) is 4.12. The average molecular weight is 235 g/mol. The molecule has 2 rings (SSSR count). The van der Waals surface area contributed by atoms with Crippen LogP contribution in [-0.4, -0.2) is 31.3 Å². The number of ether oxygens (including phenoxy) is 1. The molecule has 0 saturated heterocycles. The van der Waals surface area contributed by atoms with Crippen LogP contribution in [0.2, 0.25) is 0 Å². The molecule has 2 unspecified atom stereocenters. The summed E-state index contributed by atoms with van der Waals surface area (Å²) in [7, 11) is 3.77. The van der Waals surface area contributed by atoms with Gasteiger partial charge < -0.3 is 15.8 Å². The van der Waals surface area contributed by atoms with E-state index >= 15 is 0 Å². The number of hydrogen-bond acceptors (Lipinski definition) is 4. The Kier molecular flexibility index (Phi) is 3.97. The van der Waals surface area contributed by atoms with Crippen LogP contribution in [0.5, 0.6) is 0 Å². The molecule has 4 heteroatoms. The van der Waals surface area contributed by atoms with Gasteiger partial charge >= 0.3 is 0 Å². The van der Waals surface area contributed by atoms with Crippen molar-refractivity contribution < 1.29 is 4.74 Å². The second kappa shape index (κ2) is 5.47. The third kappa shape index (κ3) is 2.96. The van der Waals surface area contributed by atoms with Crippen LogP contribution in [0.4, 0.5) is 5.82 Å². The van der Waals surface area contributed by atoms with Crippen LogP contribution < -0.4 is 11.1 Å². The molecular formula is C13H21N3O. The number of hydrogen-bond donors (Lipinski definition) is 2. The largest absolute Gasteiger partial charge is 0.383 e. The van der Waals surface area contributed by atoms with Gasteiger partial charge in [0.05, 0.1) is 6.10 Å². The first-order valence-electron chi connectivity index (χ1n) is 6.15. The highest BCUT2D eigenvalue weighted by molar-refractivity contribution is 5.39. The number of nitrogens with zero attached hydrogens (tertiary/aromatic N) is 1. The number of likely N-dealkylation sites (N-methyl/N-ethyl adjacent to an activating group) is 1. The number of rotatable bonds is 6. The molecule has 1 aromatic heterocycles. The molecule has 1 fully saturated rings. The van der Waals surface area contributed by atoms with Gasteiger partial charge in [-0.05, 0) is 43.9 Å². The van der Waals surface area contributed by atoms with Crippen molar-refractivity contribution in [2.24, 2.45) is 5.92 Å². The maximum Gasteiger partial charge on any atom is 0.126 e. The van der Waals surface area contributed by atoms with Crippen molar-refractivity contribution in [1.29, 1.82) is 0 Å². The van der Waals surface area contributed by atoms with Crippen LogP contribution in [0, 0.1) is 5.92 Å². The van der Waals surface area contributed by atoms with E-state index in [9.17, 15) is 0 Å². The molecule has 1 aliphatic carbocycles. The SMILES string of the molecule is CNC(Cc1cccnc1N)C(OC)C1CC1. The molecule has 0 amide bonds. The highest BCUT2D eigenvalue weighted by Crippen LogP contribution is 2.36. The predicted molar refractivity (Wildman–Crippen MR) is 68.7 cm³/mol. The van der Waals surface area contributed by atoms with Crippen LogP contribution in [0.1, 0.15) is 18.4 Å². The number of pyridine rings is 1. The van der Waals surface area contributed by atoms with E-state index in [0.29, 0.717) is 17.8 Å². The number of aromatic nitrogens is 1. The molecule has 0 bridgehead atoms. The maximum absolute atomic E-state index is 5.88. The molecule has 0 aliphatic heterocycles. The van der Waals surface area contributed by atoms with E-state index in [2.05, 4.69) is 10.3 Å². The number of nitrogen functional groups attached to an aromatic ring is 1. The molecule has 0 aromatic carbocycles. The third-order valence-electron chi connectivity index (χ3n) is 3.49. The highest BCUT2D eigenvalue weighted by Gasteiger charge is 2.36. The van der Waals surface area contributed by atoms with E-state index in [-0.39, 0.29) is 6.10 Å². The van der Waals surface area contributed by atoms with Crippen molar-refractivity contribution in [3.05, 3.63) is 23.9 Å². The molecule has 0 spiro atoms. The molecule has 0 radical (unpaired) electrons. The van der Waals surface area contributed by atoms with Crippen molar-refractivity contribution in [1.82, 2.24) is 10.3 Å². The standard InChI is InChI=1S/C13H21N3O/c1-15-11(12(17-2)9-5-6-9)8-10-4-3-7-16-13(10)14/h3-4,7,9,11-12,15H,5-6,8H2,1-2H3,(H2,14,16). The monoisotopic (exact) mass is 235 g/mol. The lowest BCUT2D eigenvalue weighted by Crippen LogP contribution is -2.42. The van der Waals surface area contributed by atoms with Gasteiger partial charge in [0.1, 0.15) is 5.82 Å². The van der Waals surface area contributed by atoms with E-state index in [4.69, 9.17) is 10.5 Å². The van der Waals surface area contributed by atoms with Crippen molar-refractivity contribution in [2.75, 3.05) is 19.9 Å². The maximum atomic E-state index is 5.88. The van der Waals surface area contributed by atoms with Gasteiger partial charge in [-0.15, -0.1) is 0 Å². The van der Waals surface area contributed by atoms with E-state index < -0.39 is 0 Å². The highest BCUT2D eigenvalue weighted by atomic mass is 16.5. The van der Waals surface area contributed by atoms with E-state index in [1.165, 1.54) is 12.8 Å². The van der Waals surface area contributed by atoms with Gasteiger partial charge in [0.25, 0.3) is 0 Å².